The van der Waals surface area contributed by atoms with Crippen molar-refractivity contribution in [3.63, 3.8) is 0 Å². The molecule has 3 unspecified atom stereocenters. The summed E-state index contributed by atoms with van der Waals surface area (Å²) in [6.45, 7) is 12.7. The van der Waals surface area contributed by atoms with E-state index in [4.69, 9.17) is 0 Å². The van der Waals surface area contributed by atoms with Crippen LogP contribution >= 0.6 is 0 Å². The van der Waals surface area contributed by atoms with Crippen LogP contribution in [-0.2, 0) is 30.6 Å². The smallest absolute Gasteiger partial charge is 0.181 e. The Hall–Kier alpha value is -0.400. The van der Waals surface area contributed by atoms with E-state index in [1.807, 2.05) is 13.8 Å². The summed E-state index contributed by atoms with van der Waals surface area (Å²) in [7, 11) is -4.10. The van der Waals surface area contributed by atoms with E-state index in [1.54, 1.807) is 0 Å². The Labute approximate surface area is 180 Å². The summed E-state index contributed by atoms with van der Waals surface area (Å²) in [4.78, 5) is 23.4. The van der Waals surface area contributed by atoms with E-state index in [1.165, 1.54) is 12.8 Å². The molecule has 2 fully saturated rings. The van der Waals surface area contributed by atoms with Crippen LogP contribution in [0.5, 0.6) is 0 Å². The maximum Gasteiger partial charge on any atom is 0.181 e. The number of unbranched alkanes of at least 4 members (excludes halogenated alkanes) is 2. The normalized spacial score (nSPS) is 26.8. The molecule has 0 radical (unpaired) electrons. The molecule has 5 nitrogen and oxygen atoms in total. The summed E-state index contributed by atoms with van der Waals surface area (Å²) in [5.41, 5.74) is -1.22. The second kappa shape index (κ2) is 9.82. The molecule has 3 atom stereocenters. The van der Waals surface area contributed by atoms with E-state index >= 15 is 0 Å². The molecule has 2 saturated carbocycles. The first-order chi connectivity index (χ1) is 13.1. The SMILES string of the molecule is CC1(C)C2CCC1(CS(=O)(=O)[O-])C(=O)C2.CCCCCC(=O)C[S+](C)C(C)(C)C. The Kier molecular flexibility index (Phi) is 9.02. The lowest BCUT2D eigenvalue weighted by Crippen LogP contribution is -2.42. The molecule has 0 spiro atoms. The highest BCUT2D eigenvalue weighted by atomic mass is 32.2. The van der Waals surface area contributed by atoms with Crippen molar-refractivity contribution in [2.24, 2.45) is 16.7 Å². The van der Waals surface area contributed by atoms with Crippen molar-refractivity contribution in [3.8, 4) is 0 Å². The summed E-state index contributed by atoms with van der Waals surface area (Å²) in [5, 5.41) is 0. The van der Waals surface area contributed by atoms with Crippen molar-refractivity contribution in [3.05, 3.63) is 0 Å². The van der Waals surface area contributed by atoms with E-state index in [0.717, 1.165) is 25.0 Å². The zero-order valence-electron chi connectivity index (χ0n) is 19.3. The van der Waals surface area contributed by atoms with E-state index < -0.39 is 21.3 Å². The van der Waals surface area contributed by atoms with Crippen molar-refractivity contribution in [2.45, 2.75) is 91.2 Å². The summed E-state index contributed by atoms with van der Waals surface area (Å²) in [6, 6.07) is 0. The van der Waals surface area contributed by atoms with Crippen LogP contribution in [0.15, 0.2) is 0 Å². The van der Waals surface area contributed by atoms with Gasteiger partial charge in [0.25, 0.3) is 0 Å². The number of hydrogen-bond acceptors (Lipinski definition) is 5. The summed E-state index contributed by atoms with van der Waals surface area (Å²) < 4.78 is 33.0. The van der Waals surface area contributed by atoms with Crippen LogP contribution in [0.25, 0.3) is 0 Å². The first-order valence-corrected chi connectivity index (χ1v) is 14.1. The fraction of sp³-hybridized carbons (Fsp3) is 0.909. The van der Waals surface area contributed by atoms with E-state index in [9.17, 15) is 22.6 Å². The Morgan fingerprint density at radius 3 is 2.21 bits per heavy atom. The predicted octanol–water partition coefficient (Wildman–Crippen LogP) is 4.11. The molecule has 7 heteroatoms. The van der Waals surface area contributed by atoms with Gasteiger partial charge in [-0.05, 0) is 62.3 Å². The third-order valence-corrected chi connectivity index (χ3v) is 10.7. The minimum atomic E-state index is -4.33. The third-order valence-electron chi connectivity index (χ3n) is 7.04. The van der Waals surface area contributed by atoms with Gasteiger partial charge in [0.2, 0.25) is 0 Å². The molecule has 29 heavy (non-hydrogen) atoms. The molecule has 0 N–H and O–H groups in total. The Bertz CT molecular complexity index is 690. The Morgan fingerprint density at radius 2 is 1.83 bits per heavy atom. The van der Waals surface area contributed by atoms with Crippen LogP contribution in [0.1, 0.15) is 86.5 Å². The van der Waals surface area contributed by atoms with Crippen LogP contribution in [0.3, 0.4) is 0 Å². The second-order valence-electron chi connectivity index (χ2n) is 10.3. The van der Waals surface area contributed by atoms with Crippen LogP contribution in [0.2, 0.25) is 0 Å². The topological polar surface area (TPSA) is 91.3 Å². The fourth-order valence-corrected chi connectivity index (χ4v) is 6.85. The van der Waals surface area contributed by atoms with Crippen LogP contribution in [0, 0.1) is 16.7 Å². The average Bonchev–Trinajstić information content (AvgIpc) is 2.87. The van der Waals surface area contributed by atoms with Gasteiger partial charge in [0, 0.05) is 18.3 Å². The molecular weight excluding hydrogens is 408 g/mol. The lowest BCUT2D eigenvalue weighted by Gasteiger charge is -2.37. The van der Waals surface area contributed by atoms with E-state index in [0.29, 0.717) is 23.4 Å². The van der Waals surface area contributed by atoms with Crippen molar-refractivity contribution in [1.29, 1.82) is 0 Å². The lowest BCUT2D eigenvalue weighted by molar-refractivity contribution is -0.128. The van der Waals surface area contributed by atoms with Crippen molar-refractivity contribution < 1.29 is 22.6 Å². The number of hydrogen-bond donors (Lipinski definition) is 0. The van der Waals surface area contributed by atoms with Gasteiger partial charge in [0.05, 0.1) is 22.1 Å². The molecule has 0 heterocycles. The highest BCUT2D eigenvalue weighted by molar-refractivity contribution is 7.98. The van der Waals surface area contributed by atoms with Crippen molar-refractivity contribution >= 4 is 32.6 Å². The van der Waals surface area contributed by atoms with Crippen LogP contribution < -0.4 is 0 Å². The summed E-state index contributed by atoms with van der Waals surface area (Å²) in [5.74, 6) is 0.962. The molecule has 0 aromatic carbocycles. The van der Waals surface area contributed by atoms with Crippen molar-refractivity contribution in [1.82, 2.24) is 0 Å². The number of fused-ring (bicyclic) bond motifs is 2. The van der Waals surface area contributed by atoms with E-state index in [2.05, 4.69) is 34.0 Å². The van der Waals surface area contributed by atoms with Crippen LogP contribution in [-0.4, -0.2) is 47.0 Å². The predicted molar refractivity (Wildman–Crippen MR) is 120 cm³/mol. The Balaban J connectivity index is 0.000000291. The second-order valence-corrected chi connectivity index (χ2v) is 14.5. The summed E-state index contributed by atoms with van der Waals surface area (Å²) in [6.07, 6.45) is 8.35. The molecule has 0 aromatic rings. The molecule has 2 aliphatic carbocycles. The van der Waals surface area contributed by atoms with Crippen molar-refractivity contribution in [2.75, 3.05) is 17.8 Å². The first-order valence-electron chi connectivity index (χ1n) is 10.7. The molecule has 0 aliphatic heterocycles. The molecule has 2 bridgehead atoms. The van der Waals surface area contributed by atoms with Crippen LogP contribution in [0.4, 0.5) is 0 Å². The van der Waals surface area contributed by atoms with Gasteiger partial charge in [-0.1, -0.05) is 33.6 Å². The largest absolute Gasteiger partial charge is 0.748 e. The minimum absolute atomic E-state index is 0.0248. The minimum Gasteiger partial charge on any atom is -0.748 e. The monoisotopic (exact) mass is 448 g/mol. The quantitative estimate of drug-likeness (QED) is 0.316. The van der Waals surface area contributed by atoms with E-state index in [-0.39, 0.29) is 28.0 Å². The van der Waals surface area contributed by atoms with Gasteiger partial charge in [-0.15, -0.1) is 0 Å². The van der Waals surface area contributed by atoms with Gasteiger partial charge in [-0.25, -0.2) is 8.42 Å². The van der Waals surface area contributed by atoms with Gasteiger partial charge in [0.15, 0.2) is 11.5 Å². The first kappa shape index (κ1) is 26.6. The highest BCUT2D eigenvalue weighted by Crippen LogP contribution is 2.64. The zero-order valence-corrected chi connectivity index (χ0v) is 20.9. The Morgan fingerprint density at radius 1 is 1.24 bits per heavy atom. The molecule has 0 saturated heterocycles. The maximum absolute atomic E-state index is 11.8. The highest BCUT2D eigenvalue weighted by Gasteiger charge is 2.64. The van der Waals surface area contributed by atoms with Gasteiger partial charge in [-0.2, -0.15) is 0 Å². The van der Waals surface area contributed by atoms with Gasteiger partial charge in [0.1, 0.15) is 10.5 Å². The van der Waals surface area contributed by atoms with Gasteiger partial charge < -0.3 is 4.55 Å². The number of carbonyl (C=O) groups excluding carboxylic acids is 2. The molecule has 0 amide bonds. The maximum atomic E-state index is 11.8. The zero-order chi connectivity index (χ0) is 22.7. The average molecular weight is 449 g/mol. The third kappa shape index (κ3) is 6.79. The number of Topliss-reactive ketones (excluding diaryl/α,β-unsaturated/α-hetero) is 2. The number of ketones is 2. The molecule has 2 rings (SSSR count). The van der Waals surface area contributed by atoms with Gasteiger partial charge >= 0.3 is 0 Å². The number of carbonyl (C=O) groups is 2. The van der Waals surface area contributed by atoms with Gasteiger partial charge in [-0.3, -0.25) is 9.59 Å². The fourth-order valence-electron chi connectivity index (χ4n) is 4.51. The standard InChI is InChI=1S/C12H25OS.C10H16O4S/c1-6-7-8-9-11(13)10-14(5)12(2,3)4;1-9(2)7-3-4-10(9,8(11)5-7)6-15(12,13)14/h6-10H2,1-5H3;7H,3-6H2,1-2H3,(H,12,13,14)/q+1;/p-1. The molecular formula is C22H40O5S2. The molecule has 170 valence electrons. The molecule has 0 aromatic heterocycles. The summed E-state index contributed by atoms with van der Waals surface area (Å²) >= 11 is 0. The lowest BCUT2D eigenvalue weighted by atomic mass is 9.70. The molecule has 2 aliphatic rings. The number of rotatable bonds is 8.